The van der Waals surface area contributed by atoms with E-state index < -0.39 is 0 Å². The average molecular weight is 235 g/mol. The molecule has 0 aliphatic carbocycles. The van der Waals surface area contributed by atoms with Gasteiger partial charge in [0, 0.05) is 19.1 Å². The molecular formula is C13H21N3O. The first-order valence-corrected chi connectivity index (χ1v) is 5.84. The summed E-state index contributed by atoms with van der Waals surface area (Å²) in [6.45, 7) is 3.52. The van der Waals surface area contributed by atoms with Crippen LogP contribution in [-0.4, -0.2) is 37.0 Å². The fraction of sp³-hybridized carbons (Fsp3) is 0.462. The standard InChI is InChI=1S/C13H21N3O/c1-11(8-14)16(2)10-13(17)15-9-12-6-4-3-5-7-12/h3-7,11H,8-10,14H2,1-2H3,(H,15,17)/t11-/m0/s1. The van der Waals surface area contributed by atoms with Crippen molar-refractivity contribution in [2.45, 2.75) is 19.5 Å². The number of likely N-dealkylation sites (N-methyl/N-ethyl adjacent to an activating group) is 1. The van der Waals surface area contributed by atoms with Crippen molar-refractivity contribution < 1.29 is 4.79 Å². The molecule has 0 unspecified atom stereocenters. The molecule has 1 atom stereocenters. The second kappa shape index (κ2) is 7.04. The number of rotatable bonds is 6. The maximum absolute atomic E-state index is 11.7. The van der Waals surface area contributed by atoms with Crippen LogP contribution in [0.15, 0.2) is 30.3 Å². The Morgan fingerprint density at radius 2 is 2.06 bits per heavy atom. The summed E-state index contributed by atoms with van der Waals surface area (Å²) in [5.41, 5.74) is 6.65. The van der Waals surface area contributed by atoms with Crippen LogP contribution >= 0.6 is 0 Å². The Bertz CT molecular complexity index is 340. The minimum absolute atomic E-state index is 0.0247. The van der Waals surface area contributed by atoms with Crippen molar-refractivity contribution >= 4 is 5.91 Å². The number of nitrogens with zero attached hydrogens (tertiary/aromatic N) is 1. The van der Waals surface area contributed by atoms with E-state index in [0.717, 1.165) is 5.56 Å². The Kier molecular flexibility index (Phi) is 5.66. The van der Waals surface area contributed by atoms with E-state index in [-0.39, 0.29) is 11.9 Å². The highest BCUT2D eigenvalue weighted by atomic mass is 16.2. The molecule has 0 saturated heterocycles. The van der Waals surface area contributed by atoms with Gasteiger partial charge in [-0.15, -0.1) is 0 Å². The maximum atomic E-state index is 11.7. The summed E-state index contributed by atoms with van der Waals surface area (Å²) in [6, 6.07) is 10.1. The smallest absolute Gasteiger partial charge is 0.234 e. The predicted molar refractivity (Wildman–Crippen MR) is 69.4 cm³/mol. The number of hydrogen-bond acceptors (Lipinski definition) is 3. The second-order valence-electron chi connectivity index (χ2n) is 4.26. The first-order valence-electron chi connectivity index (χ1n) is 5.84. The number of hydrogen-bond donors (Lipinski definition) is 2. The third-order valence-electron chi connectivity index (χ3n) is 2.82. The van der Waals surface area contributed by atoms with Crippen molar-refractivity contribution in [1.29, 1.82) is 0 Å². The lowest BCUT2D eigenvalue weighted by Crippen LogP contribution is -2.42. The lowest BCUT2D eigenvalue weighted by molar-refractivity contribution is -0.122. The highest BCUT2D eigenvalue weighted by Gasteiger charge is 2.10. The van der Waals surface area contributed by atoms with Gasteiger partial charge in [0.25, 0.3) is 0 Å². The Hall–Kier alpha value is -1.39. The molecule has 0 saturated carbocycles. The molecule has 4 nitrogen and oxygen atoms in total. The van der Waals surface area contributed by atoms with Crippen molar-refractivity contribution in [2.24, 2.45) is 5.73 Å². The van der Waals surface area contributed by atoms with Gasteiger partial charge in [-0.3, -0.25) is 9.69 Å². The van der Waals surface area contributed by atoms with Crippen LogP contribution in [0.4, 0.5) is 0 Å². The van der Waals surface area contributed by atoms with E-state index in [1.807, 2.05) is 49.2 Å². The summed E-state index contributed by atoms with van der Waals surface area (Å²) in [6.07, 6.45) is 0. The summed E-state index contributed by atoms with van der Waals surface area (Å²) in [7, 11) is 1.90. The maximum Gasteiger partial charge on any atom is 0.234 e. The van der Waals surface area contributed by atoms with Gasteiger partial charge in [-0.25, -0.2) is 0 Å². The van der Waals surface area contributed by atoms with Crippen molar-refractivity contribution in [2.75, 3.05) is 20.1 Å². The Balaban J connectivity index is 2.31. The minimum Gasteiger partial charge on any atom is -0.351 e. The van der Waals surface area contributed by atoms with Gasteiger partial charge in [-0.1, -0.05) is 30.3 Å². The van der Waals surface area contributed by atoms with E-state index in [1.165, 1.54) is 0 Å². The zero-order valence-electron chi connectivity index (χ0n) is 10.5. The Labute approximate surface area is 103 Å². The molecule has 0 aliphatic heterocycles. The molecule has 4 heteroatoms. The van der Waals surface area contributed by atoms with Gasteiger partial charge >= 0.3 is 0 Å². The number of carbonyl (C=O) groups excluding carboxylic acids is 1. The molecule has 1 aromatic carbocycles. The van der Waals surface area contributed by atoms with Crippen LogP contribution in [0.3, 0.4) is 0 Å². The molecular weight excluding hydrogens is 214 g/mol. The predicted octanol–water partition coefficient (Wildman–Crippen LogP) is 0.582. The highest BCUT2D eigenvalue weighted by molar-refractivity contribution is 5.78. The highest BCUT2D eigenvalue weighted by Crippen LogP contribution is 1.97. The summed E-state index contributed by atoms with van der Waals surface area (Å²) < 4.78 is 0. The Morgan fingerprint density at radius 3 is 2.65 bits per heavy atom. The van der Waals surface area contributed by atoms with E-state index in [2.05, 4.69) is 5.32 Å². The molecule has 0 bridgehead atoms. The second-order valence-corrected chi connectivity index (χ2v) is 4.26. The summed E-state index contributed by atoms with van der Waals surface area (Å²) >= 11 is 0. The molecule has 94 valence electrons. The van der Waals surface area contributed by atoms with Gasteiger partial charge in [0.2, 0.25) is 5.91 Å². The number of amides is 1. The molecule has 1 amide bonds. The van der Waals surface area contributed by atoms with Crippen molar-refractivity contribution in [3.63, 3.8) is 0 Å². The lowest BCUT2D eigenvalue weighted by atomic mass is 10.2. The topological polar surface area (TPSA) is 58.4 Å². The molecule has 0 aliphatic rings. The van der Waals surface area contributed by atoms with Crippen molar-refractivity contribution in [3.05, 3.63) is 35.9 Å². The number of nitrogens with one attached hydrogen (secondary N) is 1. The van der Waals surface area contributed by atoms with Gasteiger partial charge in [0.15, 0.2) is 0 Å². The van der Waals surface area contributed by atoms with Gasteiger partial charge in [-0.05, 0) is 19.5 Å². The fourth-order valence-electron chi connectivity index (χ4n) is 1.41. The SMILES string of the molecule is C[C@@H](CN)N(C)CC(=O)NCc1ccccc1. The van der Waals surface area contributed by atoms with Crippen molar-refractivity contribution in [3.8, 4) is 0 Å². The number of carbonyl (C=O) groups is 1. The quantitative estimate of drug-likeness (QED) is 0.758. The third-order valence-corrected chi connectivity index (χ3v) is 2.82. The van der Waals surface area contributed by atoms with Crippen LogP contribution in [-0.2, 0) is 11.3 Å². The van der Waals surface area contributed by atoms with Crippen LogP contribution < -0.4 is 11.1 Å². The van der Waals surface area contributed by atoms with E-state index >= 15 is 0 Å². The minimum atomic E-state index is 0.0247. The van der Waals surface area contributed by atoms with Crippen LogP contribution in [0.1, 0.15) is 12.5 Å². The van der Waals surface area contributed by atoms with Gasteiger partial charge in [-0.2, -0.15) is 0 Å². The average Bonchev–Trinajstić information content (AvgIpc) is 2.36. The van der Waals surface area contributed by atoms with Crippen LogP contribution in [0.5, 0.6) is 0 Å². The van der Waals surface area contributed by atoms with E-state index in [9.17, 15) is 4.79 Å². The van der Waals surface area contributed by atoms with Crippen LogP contribution in [0.2, 0.25) is 0 Å². The monoisotopic (exact) mass is 235 g/mol. The molecule has 0 heterocycles. The van der Waals surface area contributed by atoms with E-state index in [4.69, 9.17) is 5.73 Å². The normalized spacial score (nSPS) is 12.5. The third kappa shape index (κ3) is 4.97. The summed E-state index contributed by atoms with van der Waals surface area (Å²) in [5.74, 6) is 0.0247. The van der Waals surface area contributed by atoms with Crippen molar-refractivity contribution in [1.82, 2.24) is 10.2 Å². The summed E-state index contributed by atoms with van der Waals surface area (Å²) in [5, 5.41) is 2.89. The molecule has 1 rings (SSSR count). The molecule has 0 radical (unpaired) electrons. The molecule has 17 heavy (non-hydrogen) atoms. The zero-order valence-corrected chi connectivity index (χ0v) is 10.5. The first kappa shape index (κ1) is 13.7. The summed E-state index contributed by atoms with van der Waals surface area (Å²) in [4.78, 5) is 13.6. The first-order chi connectivity index (χ1) is 8.13. The zero-order chi connectivity index (χ0) is 12.7. The number of nitrogens with two attached hydrogens (primary N) is 1. The van der Waals surface area contributed by atoms with Gasteiger partial charge in [0.1, 0.15) is 0 Å². The fourth-order valence-corrected chi connectivity index (χ4v) is 1.41. The van der Waals surface area contributed by atoms with E-state index in [0.29, 0.717) is 19.6 Å². The number of benzene rings is 1. The molecule has 3 N–H and O–H groups in total. The van der Waals surface area contributed by atoms with Crippen LogP contribution in [0.25, 0.3) is 0 Å². The lowest BCUT2D eigenvalue weighted by Gasteiger charge is -2.22. The largest absolute Gasteiger partial charge is 0.351 e. The Morgan fingerprint density at radius 1 is 1.41 bits per heavy atom. The van der Waals surface area contributed by atoms with E-state index in [1.54, 1.807) is 0 Å². The molecule has 0 spiro atoms. The van der Waals surface area contributed by atoms with Crippen LogP contribution in [0, 0.1) is 0 Å². The van der Waals surface area contributed by atoms with Gasteiger partial charge < -0.3 is 11.1 Å². The van der Waals surface area contributed by atoms with Gasteiger partial charge in [0.05, 0.1) is 6.54 Å². The molecule has 0 aromatic heterocycles. The molecule has 1 aromatic rings. The molecule has 0 fully saturated rings.